The lowest BCUT2D eigenvalue weighted by molar-refractivity contribution is -0.144. The van der Waals surface area contributed by atoms with Gasteiger partial charge >= 0.3 is 11.9 Å². The predicted molar refractivity (Wildman–Crippen MR) is 125 cm³/mol. The first kappa shape index (κ1) is 28.9. The van der Waals surface area contributed by atoms with Gasteiger partial charge in [-0.05, 0) is 50.4 Å². The van der Waals surface area contributed by atoms with E-state index in [1.54, 1.807) is 0 Å². The molecular formula is C26H50O4. The minimum atomic E-state index is -0.0358. The zero-order valence-electron chi connectivity index (χ0n) is 20.5. The van der Waals surface area contributed by atoms with Crippen molar-refractivity contribution < 1.29 is 19.1 Å². The van der Waals surface area contributed by atoms with Gasteiger partial charge in [0.05, 0.1) is 13.2 Å². The van der Waals surface area contributed by atoms with E-state index in [1.807, 2.05) is 0 Å². The lowest BCUT2D eigenvalue weighted by atomic mass is 10.1. The summed E-state index contributed by atoms with van der Waals surface area (Å²) < 4.78 is 10.6. The van der Waals surface area contributed by atoms with Crippen LogP contribution in [0.4, 0.5) is 0 Å². The van der Waals surface area contributed by atoms with Gasteiger partial charge in [0.15, 0.2) is 0 Å². The summed E-state index contributed by atoms with van der Waals surface area (Å²) in [5.41, 5.74) is 0. The van der Waals surface area contributed by atoms with Gasteiger partial charge in [-0.25, -0.2) is 0 Å². The van der Waals surface area contributed by atoms with E-state index >= 15 is 0 Å². The van der Waals surface area contributed by atoms with Gasteiger partial charge < -0.3 is 9.47 Å². The van der Waals surface area contributed by atoms with Crippen molar-refractivity contribution in [2.75, 3.05) is 13.2 Å². The maximum Gasteiger partial charge on any atom is 0.305 e. The Kier molecular flexibility index (Phi) is 20.4. The van der Waals surface area contributed by atoms with Gasteiger partial charge in [0.1, 0.15) is 0 Å². The summed E-state index contributed by atoms with van der Waals surface area (Å²) in [4.78, 5) is 23.3. The van der Waals surface area contributed by atoms with Crippen molar-refractivity contribution in [2.24, 2.45) is 11.8 Å². The summed E-state index contributed by atoms with van der Waals surface area (Å²) in [6, 6.07) is 0. The van der Waals surface area contributed by atoms with Gasteiger partial charge in [-0.2, -0.15) is 0 Å². The van der Waals surface area contributed by atoms with Crippen LogP contribution in [0.5, 0.6) is 0 Å². The third kappa shape index (κ3) is 23.2. The standard InChI is InChI=1S/C26H50O4/c1-23(2)17-13-15-21-29-25(27)19-11-9-7-5-6-8-10-12-20-26(28)30-22-16-14-18-24(3)4/h23-24H,5-22H2,1-4H3. The zero-order chi connectivity index (χ0) is 22.5. The summed E-state index contributed by atoms with van der Waals surface area (Å²) >= 11 is 0. The first-order valence-corrected chi connectivity index (χ1v) is 12.7. The van der Waals surface area contributed by atoms with Crippen molar-refractivity contribution in [3.8, 4) is 0 Å². The van der Waals surface area contributed by atoms with Crippen molar-refractivity contribution in [1.29, 1.82) is 0 Å². The molecule has 4 nitrogen and oxygen atoms in total. The number of ether oxygens (including phenoxy) is 2. The Balaban J connectivity index is 3.27. The molecule has 0 fully saturated rings. The fourth-order valence-corrected chi connectivity index (χ4v) is 3.42. The van der Waals surface area contributed by atoms with E-state index in [-0.39, 0.29) is 11.9 Å². The molecule has 30 heavy (non-hydrogen) atoms. The molecule has 4 heteroatoms. The molecule has 0 aliphatic carbocycles. The van der Waals surface area contributed by atoms with Gasteiger partial charge in [0.2, 0.25) is 0 Å². The van der Waals surface area contributed by atoms with Crippen LogP contribution >= 0.6 is 0 Å². The van der Waals surface area contributed by atoms with Crippen LogP contribution in [0, 0.1) is 11.8 Å². The zero-order valence-corrected chi connectivity index (χ0v) is 20.5. The number of esters is 2. The highest BCUT2D eigenvalue weighted by Crippen LogP contribution is 2.12. The normalized spacial score (nSPS) is 11.3. The lowest BCUT2D eigenvalue weighted by Gasteiger charge is -2.07. The number of hydrogen-bond donors (Lipinski definition) is 0. The molecule has 0 aromatic heterocycles. The molecule has 0 atom stereocenters. The monoisotopic (exact) mass is 426 g/mol. The molecule has 0 bridgehead atoms. The van der Waals surface area contributed by atoms with Crippen molar-refractivity contribution in [2.45, 2.75) is 130 Å². The second-order valence-electron chi connectivity index (χ2n) is 9.55. The Labute approximate surface area is 186 Å². The number of carbonyl (C=O) groups excluding carboxylic acids is 2. The molecule has 0 aliphatic rings. The van der Waals surface area contributed by atoms with Crippen molar-refractivity contribution in [3.05, 3.63) is 0 Å². The van der Waals surface area contributed by atoms with E-state index in [2.05, 4.69) is 27.7 Å². The van der Waals surface area contributed by atoms with Crippen LogP contribution in [-0.2, 0) is 19.1 Å². The predicted octanol–water partition coefficient (Wildman–Crippen LogP) is 7.63. The molecular weight excluding hydrogens is 376 g/mol. The summed E-state index contributed by atoms with van der Waals surface area (Å²) in [5.74, 6) is 1.38. The number of unbranched alkanes of at least 4 members (excludes halogenated alkanes) is 9. The summed E-state index contributed by atoms with van der Waals surface area (Å²) in [6.45, 7) is 10.0. The second-order valence-corrected chi connectivity index (χ2v) is 9.55. The summed E-state index contributed by atoms with van der Waals surface area (Å²) in [7, 11) is 0. The Morgan fingerprint density at radius 1 is 0.500 bits per heavy atom. The number of hydrogen-bond acceptors (Lipinski definition) is 4. The van der Waals surface area contributed by atoms with E-state index in [9.17, 15) is 9.59 Å². The number of rotatable bonds is 21. The molecule has 0 unspecified atom stereocenters. The van der Waals surface area contributed by atoms with E-state index in [1.165, 1.54) is 38.5 Å². The van der Waals surface area contributed by atoms with E-state index in [0.29, 0.717) is 26.1 Å². The van der Waals surface area contributed by atoms with Crippen LogP contribution in [0.3, 0.4) is 0 Å². The Morgan fingerprint density at radius 3 is 1.17 bits per heavy atom. The van der Waals surface area contributed by atoms with Crippen LogP contribution in [0.15, 0.2) is 0 Å². The average Bonchev–Trinajstić information content (AvgIpc) is 2.68. The third-order valence-corrected chi connectivity index (χ3v) is 5.39. The Bertz CT molecular complexity index is 366. The van der Waals surface area contributed by atoms with E-state index in [0.717, 1.165) is 63.2 Å². The molecule has 0 saturated carbocycles. The topological polar surface area (TPSA) is 52.6 Å². The maximum atomic E-state index is 11.7. The average molecular weight is 427 g/mol. The molecule has 0 amide bonds. The molecule has 0 N–H and O–H groups in total. The Morgan fingerprint density at radius 2 is 0.833 bits per heavy atom. The Hall–Kier alpha value is -1.06. The van der Waals surface area contributed by atoms with Crippen molar-refractivity contribution in [1.82, 2.24) is 0 Å². The quantitative estimate of drug-likeness (QED) is 0.140. The molecule has 0 aliphatic heterocycles. The first-order valence-electron chi connectivity index (χ1n) is 12.7. The van der Waals surface area contributed by atoms with E-state index < -0.39 is 0 Å². The van der Waals surface area contributed by atoms with Gasteiger partial charge in [0, 0.05) is 12.8 Å². The van der Waals surface area contributed by atoms with Crippen LogP contribution in [0.2, 0.25) is 0 Å². The molecule has 0 aromatic rings. The van der Waals surface area contributed by atoms with Crippen LogP contribution in [-0.4, -0.2) is 25.2 Å². The van der Waals surface area contributed by atoms with Crippen LogP contribution < -0.4 is 0 Å². The van der Waals surface area contributed by atoms with Crippen molar-refractivity contribution in [3.63, 3.8) is 0 Å². The number of carbonyl (C=O) groups is 2. The van der Waals surface area contributed by atoms with Gasteiger partial charge in [-0.15, -0.1) is 0 Å². The minimum Gasteiger partial charge on any atom is -0.466 e. The highest BCUT2D eigenvalue weighted by Gasteiger charge is 2.04. The van der Waals surface area contributed by atoms with Gasteiger partial charge in [-0.3, -0.25) is 9.59 Å². The highest BCUT2D eigenvalue weighted by atomic mass is 16.5. The smallest absolute Gasteiger partial charge is 0.305 e. The second kappa shape index (κ2) is 21.2. The SMILES string of the molecule is CC(C)CCCCOC(=O)CCCCCCCCCCC(=O)OCCCCC(C)C. The van der Waals surface area contributed by atoms with Gasteiger partial charge in [-0.1, -0.05) is 79.1 Å². The molecule has 0 heterocycles. The third-order valence-electron chi connectivity index (χ3n) is 5.39. The fraction of sp³-hybridized carbons (Fsp3) is 0.923. The molecule has 0 aromatic carbocycles. The van der Waals surface area contributed by atoms with E-state index in [4.69, 9.17) is 9.47 Å². The minimum absolute atomic E-state index is 0.0358. The fourth-order valence-electron chi connectivity index (χ4n) is 3.42. The van der Waals surface area contributed by atoms with Crippen LogP contribution in [0.1, 0.15) is 130 Å². The summed E-state index contributed by atoms with van der Waals surface area (Å²) in [6.07, 6.45) is 16.7. The maximum absolute atomic E-state index is 11.7. The molecule has 0 spiro atoms. The van der Waals surface area contributed by atoms with Crippen LogP contribution in [0.25, 0.3) is 0 Å². The largest absolute Gasteiger partial charge is 0.466 e. The molecule has 0 rings (SSSR count). The molecule has 0 radical (unpaired) electrons. The van der Waals surface area contributed by atoms with Crippen molar-refractivity contribution >= 4 is 11.9 Å². The first-order chi connectivity index (χ1) is 14.4. The lowest BCUT2D eigenvalue weighted by Crippen LogP contribution is -2.06. The summed E-state index contributed by atoms with van der Waals surface area (Å²) in [5, 5.41) is 0. The van der Waals surface area contributed by atoms with Gasteiger partial charge in [0.25, 0.3) is 0 Å². The highest BCUT2D eigenvalue weighted by molar-refractivity contribution is 5.69. The molecule has 0 saturated heterocycles. The molecule has 178 valence electrons.